The molecular formula is C34H46O6. The van der Waals surface area contributed by atoms with Crippen LogP contribution in [-0.2, 0) is 19.1 Å². The van der Waals surface area contributed by atoms with E-state index in [0.29, 0.717) is 13.2 Å². The van der Waals surface area contributed by atoms with Crippen molar-refractivity contribution in [1.82, 2.24) is 0 Å². The highest BCUT2D eigenvalue weighted by molar-refractivity contribution is 5.87. The van der Waals surface area contributed by atoms with Gasteiger partial charge in [-0.05, 0) is 60.4 Å². The van der Waals surface area contributed by atoms with Crippen LogP contribution in [0, 0.1) is 0 Å². The van der Waals surface area contributed by atoms with E-state index in [1.54, 1.807) is 60.7 Å². The second kappa shape index (κ2) is 21.3. The van der Waals surface area contributed by atoms with E-state index in [1.165, 1.54) is 76.4 Å². The van der Waals surface area contributed by atoms with E-state index in [0.717, 1.165) is 36.8 Å². The Morgan fingerprint density at radius 2 is 0.750 bits per heavy atom. The number of hydrogen-bond acceptors (Lipinski definition) is 6. The Balaban J connectivity index is 1.28. The van der Waals surface area contributed by atoms with Crippen molar-refractivity contribution in [2.45, 2.75) is 89.9 Å². The zero-order valence-corrected chi connectivity index (χ0v) is 23.8. The van der Waals surface area contributed by atoms with Crippen LogP contribution in [0.25, 0.3) is 12.2 Å². The minimum absolute atomic E-state index is 0.204. The standard InChI is InChI=1S/C34H46O6/c35-31-21-15-29(16-22-31)19-25-33(37)39-27-13-11-9-7-5-3-1-2-4-6-8-10-12-14-28-40-34(38)26-20-30-17-23-32(36)24-18-30/h15-26,35-36H,1-14,27-28H2/b25-19+,26-20+. The van der Waals surface area contributed by atoms with Crippen LogP contribution in [0.5, 0.6) is 11.5 Å². The molecule has 0 radical (unpaired) electrons. The second-order valence-electron chi connectivity index (χ2n) is 10.1. The summed E-state index contributed by atoms with van der Waals surface area (Å²) in [6.45, 7) is 0.923. The van der Waals surface area contributed by atoms with Gasteiger partial charge < -0.3 is 19.7 Å². The average Bonchev–Trinajstić information content (AvgIpc) is 2.96. The number of phenols is 2. The first-order valence-corrected chi connectivity index (χ1v) is 14.8. The number of unbranched alkanes of at least 4 members (excludes halogenated alkanes) is 13. The zero-order chi connectivity index (χ0) is 28.7. The molecule has 2 aromatic rings. The highest BCUT2D eigenvalue weighted by atomic mass is 16.5. The molecule has 0 aliphatic carbocycles. The van der Waals surface area contributed by atoms with E-state index in [9.17, 15) is 19.8 Å². The van der Waals surface area contributed by atoms with Gasteiger partial charge in [-0.25, -0.2) is 9.59 Å². The van der Waals surface area contributed by atoms with Gasteiger partial charge in [0.2, 0.25) is 0 Å². The van der Waals surface area contributed by atoms with Crippen molar-refractivity contribution in [2.24, 2.45) is 0 Å². The maximum Gasteiger partial charge on any atom is 0.330 e. The third-order valence-electron chi connectivity index (χ3n) is 6.64. The molecule has 0 saturated heterocycles. The Morgan fingerprint density at radius 1 is 0.475 bits per heavy atom. The number of carbonyl (C=O) groups excluding carboxylic acids is 2. The highest BCUT2D eigenvalue weighted by Crippen LogP contribution is 2.14. The SMILES string of the molecule is O=C(/C=C/c1ccc(O)cc1)OCCCCCCCCCCCCCCCCOC(=O)/C=C/c1ccc(O)cc1. The molecule has 0 atom stereocenters. The maximum atomic E-state index is 11.7. The summed E-state index contributed by atoms with van der Waals surface area (Å²) in [7, 11) is 0. The third-order valence-corrected chi connectivity index (χ3v) is 6.64. The minimum Gasteiger partial charge on any atom is -0.508 e. The lowest BCUT2D eigenvalue weighted by atomic mass is 10.0. The molecule has 0 bridgehead atoms. The zero-order valence-electron chi connectivity index (χ0n) is 23.8. The van der Waals surface area contributed by atoms with Crippen molar-refractivity contribution in [3.8, 4) is 11.5 Å². The summed E-state index contributed by atoms with van der Waals surface area (Å²) in [5.41, 5.74) is 1.69. The van der Waals surface area contributed by atoms with Gasteiger partial charge in [0.1, 0.15) is 11.5 Å². The van der Waals surface area contributed by atoms with Gasteiger partial charge in [-0.2, -0.15) is 0 Å². The number of benzene rings is 2. The van der Waals surface area contributed by atoms with Crippen molar-refractivity contribution in [1.29, 1.82) is 0 Å². The summed E-state index contributed by atoms with van der Waals surface area (Å²) in [5.74, 6) is -0.248. The normalized spacial score (nSPS) is 11.3. The molecule has 0 saturated carbocycles. The summed E-state index contributed by atoms with van der Waals surface area (Å²) < 4.78 is 10.5. The lowest BCUT2D eigenvalue weighted by Gasteiger charge is -2.04. The lowest BCUT2D eigenvalue weighted by Crippen LogP contribution is -2.02. The molecule has 0 aliphatic heterocycles. The van der Waals surface area contributed by atoms with Crippen LogP contribution in [-0.4, -0.2) is 35.4 Å². The van der Waals surface area contributed by atoms with Crippen molar-refractivity contribution in [2.75, 3.05) is 13.2 Å². The first kappa shape index (κ1) is 32.7. The number of hydrogen-bond donors (Lipinski definition) is 2. The molecule has 0 unspecified atom stereocenters. The fraction of sp³-hybridized carbons (Fsp3) is 0.471. The second-order valence-corrected chi connectivity index (χ2v) is 10.1. The molecule has 0 amide bonds. The van der Waals surface area contributed by atoms with Gasteiger partial charge in [0.05, 0.1) is 13.2 Å². The van der Waals surface area contributed by atoms with Crippen LogP contribution < -0.4 is 0 Å². The lowest BCUT2D eigenvalue weighted by molar-refractivity contribution is -0.138. The fourth-order valence-corrected chi connectivity index (χ4v) is 4.27. The number of carbonyl (C=O) groups is 2. The maximum absolute atomic E-state index is 11.7. The number of phenolic OH excluding ortho intramolecular Hbond substituents is 2. The van der Waals surface area contributed by atoms with Crippen molar-refractivity contribution < 1.29 is 29.3 Å². The highest BCUT2D eigenvalue weighted by Gasteiger charge is 2.00. The predicted molar refractivity (Wildman–Crippen MR) is 161 cm³/mol. The molecule has 6 nitrogen and oxygen atoms in total. The summed E-state index contributed by atoms with van der Waals surface area (Å²) >= 11 is 0. The van der Waals surface area contributed by atoms with Gasteiger partial charge in [0.15, 0.2) is 0 Å². The van der Waals surface area contributed by atoms with E-state index in [4.69, 9.17) is 9.47 Å². The van der Waals surface area contributed by atoms with Crippen LogP contribution in [0.15, 0.2) is 60.7 Å². The fourth-order valence-electron chi connectivity index (χ4n) is 4.27. The molecule has 0 aromatic heterocycles. The smallest absolute Gasteiger partial charge is 0.330 e. The molecular weight excluding hydrogens is 504 g/mol. The third kappa shape index (κ3) is 17.1. The van der Waals surface area contributed by atoms with Gasteiger partial charge in [0, 0.05) is 12.2 Å². The summed E-state index contributed by atoms with van der Waals surface area (Å²) in [4.78, 5) is 23.5. The molecule has 2 N–H and O–H groups in total. The van der Waals surface area contributed by atoms with Gasteiger partial charge in [0.25, 0.3) is 0 Å². The van der Waals surface area contributed by atoms with Crippen LogP contribution in [0.4, 0.5) is 0 Å². The van der Waals surface area contributed by atoms with E-state index in [-0.39, 0.29) is 23.4 Å². The Morgan fingerprint density at radius 3 is 1.05 bits per heavy atom. The largest absolute Gasteiger partial charge is 0.508 e. The average molecular weight is 551 g/mol. The molecule has 0 aliphatic rings. The Hall–Kier alpha value is -3.54. The Bertz CT molecular complexity index is 924. The number of rotatable bonds is 21. The summed E-state index contributed by atoms with van der Waals surface area (Å²) in [6, 6.07) is 13.3. The van der Waals surface area contributed by atoms with E-state index in [1.807, 2.05) is 0 Å². The number of ether oxygens (including phenoxy) is 2. The molecule has 40 heavy (non-hydrogen) atoms. The Kier molecular flexibility index (Phi) is 17.4. The van der Waals surface area contributed by atoms with E-state index < -0.39 is 0 Å². The molecule has 2 rings (SSSR count). The van der Waals surface area contributed by atoms with Crippen LogP contribution in [0.2, 0.25) is 0 Å². The molecule has 218 valence electrons. The van der Waals surface area contributed by atoms with E-state index >= 15 is 0 Å². The van der Waals surface area contributed by atoms with Crippen molar-refractivity contribution in [3.63, 3.8) is 0 Å². The molecule has 2 aromatic carbocycles. The number of esters is 2. The quantitative estimate of drug-likeness (QED) is 0.0921. The van der Waals surface area contributed by atoms with Gasteiger partial charge >= 0.3 is 11.9 Å². The van der Waals surface area contributed by atoms with E-state index in [2.05, 4.69) is 0 Å². The first-order valence-electron chi connectivity index (χ1n) is 14.8. The molecule has 0 heterocycles. The van der Waals surface area contributed by atoms with Gasteiger partial charge in [-0.3, -0.25) is 0 Å². The van der Waals surface area contributed by atoms with Crippen LogP contribution in [0.3, 0.4) is 0 Å². The van der Waals surface area contributed by atoms with Gasteiger partial charge in [-0.1, -0.05) is 101 Å². The Labute approximate surface area is 239 Å². The van der Waals surface area contributed by atoms with Crippen molar-refractivity contribution >= 4 is 24.1 Å². The minimum atomic E-state index is -0.328. The topological polar surface area (TPSA) is 93.1 Å². The predicted octanol–water partition coefficient (Wildman–Crippen LogP) is 8.37. The molecule has 0 spiro atoms. The van der Waals surface area contributed by atoms with Crippen LogP contribution in [0.1, 0.15) is 101 Å². The van der Waals surface area contributed by atoms with Crippen LogP contribution >= 0.6 is 0 Å². The number of aromatic hydroxyl groups is 2. The summed E-state index contributed by atoms with van der Waals surface area (Å²) in [6.07, 6.45) is 22.8. The molecule has 6 heteroatoms. The molecule has 0 fully saturated rings. The van der Waals surface area contributed by atoms with Crippen molar-refractivity contribution in [3.05, 3.63) is 71.8 Å². The first-order chi connectivity index (χ1) is 19.5. The summed E-state index contributed by atoms with van der Waals surface area (Å²) in [5, 5.41) is 18.5. The monoisotopic (exact) mass is 550 g/mol. The van der Waals surface area contributed by atoms with Gasteiger partial charge in [-0.15, -0.1) is 0 Å².